The van der Waals surface area contributed by atoms with Crippen LogP contribution < -0.4 is 10.6 Å². The van der Waals surface area contributed by atoms with E-state index in [1.165, 1.54) is 49.3 Å². The van der Waals surface area contributed by atoms with Gasteiger partial charge in [0.05, 0.1) is 0 Å². The van der Waals surface area contributed by atoms with E-state index in [1.54, 1.807) is 0 Å². The number of hydrogen-bond donors (Lipinski definition) is 1. The van der Waals surface area contributed by atoms with Gasteiger partial charge in [0, 0.05) is 45.0 Å². The third-order valence-corrected chi connectivity index (χ3v) is 4.39. The maximum absolute atomic E-state index is 5.87. The molecule has 0 amide bonds. The fraction of sp³-hybridized carbons (Fsp3) is 0.625. The first kappa shape index (κ1) is 12.9. The van der Waals surface area contributed by atoms with Gasteiger partial charge in [-0.1, -0.05) is 12.1 Å². The topological polar surface area (TPSA) is 32.5 Å². The standard InChI is InChI=1S/C16H25N3/c1-13-2-5-15(11-17)16(10-13)19-8-6-18(7-9-19)12-14-3-4-14/h2,5,10,14H,3-4,6-9,11-12,17H2,1H3. The molecule has 1 aromatic carbocycles. The highest BCUT2D eigenvalue weighted by atomic mass is 15.3. The zero-order valence-electron chi connectivity index (χ0n) is 11.9. The Morgan fingerprint density at radius 2 is 1.89 bits per heavy atom. The molecule has 0 atom stereocenters. The number of hydrogen-bond acceptors (Lipinski definition) is 3. The molecular weight excluding hydrogens is 234 g/mol. The van der Waals surface area contributed by atoms with Gasteiger partial charge in [-0.25, -0.2) is 0 Å². The summed E-state index contributed by atoms with van der Waals surface area (Å²) in [5.74, 6) is 1.00. The number of aryl methyl sites for hydroxylation is 1. The van der Waals surface area contributed by atoms with Crippen molar-refractivity contribution in [3.05, 3.63) is 29.3 Å². The number of nitrogens with two attached hydrogens (primary N) is 1. The molecule has 1 saturated heterocycles. The minimum atomic E-state index is 0.637. The normalized spacial score (nSPS) is 20.8. The van der Waals surface area contributed by atoms with Gasteiger partial charge in [-0.3, -0.25) is 4.90 Å². The third-order valence-electron chi connectivity index (χ3n) is 4.39. The van der Waals surface area contributed by atoms with Crippen molar-refractivity contribution in [2.24, 2.45) is 11.7 Å². The van der Waals surface area contributed by atoms with E-state index >= 15 is 0 Å². The molecule has 0 bridgehead atoms. The van der Waals surface area contributed by atoms with Crippen molar-refractivity contribution >= 4 is 5.69 Å². The van der Waals surface area contributed by atoms with Crippen LogP contribution in [0.2, 0.25) is 0 Å². The molecule has 104 valence electrons. The van der Waals surface area contributed by atoms with Crippen LogP contribution >= 0.6 is 0 Å². The molecule has 0 spiro atoms. The number of piperazine rings is 1. The summed E-state index contributed by atoms with van der Waals surface area (Å²) < 4.78 is 0. The predicted molar refractivity (Wildman–Crippen MR) is 80.4 cm³/mol. The monoisotopic (exact) mass is 259 g/mol. The summed E-state index contributed by atoms with van der Waals surface area (Å²) in [5, 5.41) is 0. The lowest BCUT2D eigenvalue weighted by Crippen LogP contribution is -2.47. The maximum Gasteiger partial charge on any atom is 0.0415 e. The van der Waals surface area contributed by atoms with Gasteiger partial charge in [0.2, 0.25) is 0 Å². The molecule has 19 heavy (non-hydrogen) atoms. The smallest absolute Gasteiger partial charge is 0.0415 e. The van der Waals surface area contributed by atoms with E-state index in [4.69, 9.17) is 5.73 Å². The van der Waals surface area contributed by atoms with Crippen molar-refractivity contribution in [2.45, 2.75) is 26.3 Å². The molecule has 0 radical (unpaired) electrons. The van der Waals surface area contributed by atoms with E-state index in [9.17, 15) is 0 Å². The number of anilines is 1. The second-order valence-electron chi connectivity index (χ2n) is 6.07. The summed E-state index contributed by atoms with van der Waals surface area (Å²) >= 11 is 0. The Kier molecular flexibility index (Phi) is 3.76. The van der Waals surface area contributed by atoms with Gasteiger partial charge in [-0.2, -0.15) is 0 Å². The van der Waals surface area contributed by atoms with Gasteiger partial charge >= 0.3 is 0 Å². The average molecular weight is 259 g/mol. The van der Waals surface area contributed by atoms with Crippen molar-refractivity contribution in [3.8, 4) is 0 Å². The molecule has 3 heteroatoms. The van der Waals surface area contributed by atoms with Crippen LogP contribution in [0.25, 0.3) is 0 Å². The third kappa shape index (κ3) is 3.10. The lowest BCUT2D eigenvalue weighted by molar-refractivity contribution is 0.248. The summed E-state index contributed by atoms with van der Waals surface area (Å²) in [6.07, 6.45) is 2.91. The van der Waals surface area contributed by atoms with E-state index in [0.29, 0.717) is 6.54 Å². The molecular formula is C16H25N3. The summed E-state index contributed by atoms with van der Waals surface area (Å²) in [7, 11) is 0. The molecule has 0 aromatic heterocycles. The predicted octanol–water partition coefficient (Wildman–Crippen LogP) is 1.99. The second kappa shape index (κ2) is 5.51. The van der Waals surface area contributed by atoms with Crippen LogP contribution in [0.4, 0.5) is 5.69 Å². The van der Waals surface area contributed by atoms with Gasteiger partial charge in [-0.05, 0) is 42.9 Å². The van der Waals surface area contributed by atoms with Crippen LogP contribution in [0.1, 0.15) is 24.0 Å². The van der Waals surface area contributed by atoms with Gasteiger partial charge in [0.1, 0.15) is 0 Å². The largest absolute Gasteiger partial charge is 0.369 e. The SMILES string of the molecule is Cc1ccc(CN)c(N2CCN(CC3CC3)CC2)c1. The van der Waals surface area contributed by atoms with E-state index in [-0.39, 0.29) is 0 Å². The molecule has 1 heterocycles. The molecule has 2 N–H and O–H groups in total. The molecule has 3 rings (SSSR count). The summed E-state index contributed by atoms with van der Waals surface area (Å²) in [6, 6.07) is 6.63. The quantitative estimate of drug-likeness (QED) is 0.897. The molecule has 1 aromatic rings. The molecule has 0 unspecified atom stereocenters. The van der Waals surface area contributed by atoms with Crippen LogP contribution in [-0.4, -0.2) is 37.6 Å². The lowest BCUT2D eigenvalue weighted by atomic mass is 10.1. The molecule has 3 nitrogen and oxygen atoms in total. The zero-order valence-corrected chi connectivity index (χ0v) is 11.9. The summed E-state index contributed by atoms with van der Waals surface area (Å²) in [4.78, 5) is 5.14. The average Bonchev–Trinajstić information content (AvgIpc) is 3.23. The van der Waals surface area contributed by atoms with Crippen molar-refractivity contribution in [1.82, 2.24) is 4.90 Å². The Balaban J connectivity index is 1.65. The Morgan fingerprint density at radius 3 is 2.53 bits per heavy atom. The van der Waals surface area contributed by atoms with Crippen LogP contribution in [0.5, 0.6) is 0 Å². The maximum atomic E-state index is 5.87. The fourth-order valence-electron chi connectivity index (χ4n) is 2.98. The van der Waals surface area contributed by atoms with Crippen molar-refractivity contribution < 1.29 is 0 Å². The first-order chi connectivity index (χ1) is 9.26. The van der Waals surface area contributed by atoms with Gasteiger partial charge in [-0.15, -0.1) is 0 Å². The van der Waals surface area contributed by atoms with Gasteiger partial charge in [0.15, 0.2) is 0 Å². The summed E-state index contributed by atoms with van der Waals surface area (Å²) in [6.45, 7) is 8.81. The number of benzene rings is 1. The molecule has 2 aliphatic rings. The highest BCUT2D eigenvalue weighted by molar-refractivity contribution is 5.55. The molecule has 1 saturated carbocycles. The Bertz CT molecular complexity index is 432. The van der Waals surface area contributed by atoms with E-state index in [0.717, 1.165) is 19.0 Å². The fourth-order valence-corrected chi connectivity index (χ4v) is 2.98. The van der Waals surface area contributed by atoms with Crippen LogP contribution in [0, 0.1) is 12.8 Å². The molecule has 2 fully saturated rings. The molecule has 1 aliphatic heterocycles. The van der Waals surface area contributed by atoms with E-state index in [1.807, 2.05) is 0 Å². The minimum absolute atomic E-state index is 0.637. The zero-order chi connectivity index (χ0) is 13.2. The van der Waals surface area contributed by atoms with Crippen molar-refractivity contribution in [3.63, 3.8) is 0 Å². The van der Waals surface area contributed by atoms with E-state index < -0.39 is 0 Å². The van der Waals surface area contributed by atoms with Crippen LogP contribution in [0.3, 0.4) is 0 Å². The Labute approximate surface area is 116 Å². The minimum Gasteiger partial charge on any atom is -0.369 e. The Morgan fingerprint density at radius 1 is 1.16 bits per heavy atom. The first-order valence-corrected chi connectivity index (χ1v) is 7.53. The first-order valence-electron chi connectivity index (χ1n) is 7.53. The number of rotatable bonds is 4. The van der Waals surface area contributed by atoms with Crippen LogP contribution in [-0.2, 0) is 6.54 Å². The van der Waals surface area contributed by atoms with Gasteiger partial charge < -0.3 is 10.6 Å². The summed E-state index contributed by atoms with van der Waals surface area (Å²) in [5.41, 5.74) is 9.83. The number of nitrogens with zero attached hydrogens (tertiary/aromatic N) is 2. The Hall–Kier alpha value is -1.06. The van der Waals surface area contributed by atoms with Crippen molar-refractivity contribution in [2.75, 3.05) is 37.6 Å². The van der Waals surface area contributed by atoms with E-state index in [2.05, 4.69) is 34.9 Å². The van der Waals surface area contributed by atoms with Crippen molar-refractivity contribution in [1.29, 1.82) is 0 Å². The second-order valence-corrected chi connectivity index (χ2v) is 6.07. The molecule has 1 aliphatic carbocycles. The highest BCUT2D eigenvalue weighted by Crippen LogP contribution is 2.30. The lowest BCUT2D eigenvalue weighted by Gasteiger charge is -2.37. The van der Waals surface area contributed by atoms with Gasteiger partial charge in [0.25, 0.3) is 0 Å². The highest BCUT2D eigenvalue weighted by Gasteiger charge is 2.26. The van der Waals surface area contributed by atoms with Crippen LogP contribution in [0.15, 0.2) is 18.2 Å².